The lowest BCUT2D eigenvalue weighted by molar-refractivity contribution is -0.140. The Morgan fingerprint density at radius 1 is 0.758 bits per heavy atom. The normalized spacial score (nSPS) is 14.4. The second kappa shape index (κ2) is 11.3. The van der Waals surface area contributed by atoms with Crippen LogP contribution in [0.15, 0.2) is 97.1 Å². The van der Waals surface area contributed by atoms with Crippen LogP contribution in [0.1, 0.15) is 29.5 Å². The minimum absolute atomic E-state index is 0.00943. The summed E-state index contributed by atoms with van der Waals surface area (Å²) in [5.41, 5.74) is 3.26. The molecule has 0 spiro atoms. The molecule has 2 amide bonds. The highest BCUT2D eigenvalue weighted by molar-refractivity contribution is 5.92. The number of likely N-dealkylation sites (tertiary alicyclic amines) is 1. The first kappa shape index (κ1) is 22.5. The van der Waals surface area contributed by atoms with Gasteiger partial charge >= 0.3 is 0 Å². The predicted octanol–water partition coefficient (Wildman–Crippen LogP) is 5.17. The van der Waals surface area contributed by atoms with Gasteiger partial charge in [0.15, 0.2) is 0 Å². The molecule has 0 aromatic heterocycles. The largest absolute Gasteiger partial charge is 0.339 e. The molecular formula is C29H30N2O2. The molecule has 4 nitrogen and oxygen atoms in total. The van der Waals surface area contributed by atoms with E-state index < -0.39 is 0 Å². The second-order valence-electron chi connectivity index (χ2n) is 8.51. The molecule has 1 aliphatic heterocycles. The van der Waals surface area contributed by atoms with Crippen molar-refractivity contribution in [2.24, 2.45) is 5.92 Å². The lowest BCUT2D eigenvalue weighted by atomic mass is 9.94. The van der Waals surface area contributed by atoms with Crippen LogP contribution in [0.4, 0.5) is 0 Å². The third-order valence-corrected chi connectivity index (χ3v) is 6.12. The van der Waals surface area contributed by atoms with Crippen molar-refractivity contribution in [3.63, 3.8) is 0 Å². The van der Waals surface area contributed by atoms with Crippen molar-refractivity contribution in [3.05, 3.63) is 114 Å². The maximum Gasteiger partial charge on any atom is 0.246 e. The Balaban J connectivity index is 1.38. The zero-order valence-corrected chi connectivity index (χ0v) is 18.8. The van der Waals surface area contributed by atoms with Gasteiger partial charge in [0.25, 0.3) is 0 Å². The molecule has 1 aliphatic rings. The van der Waals surface area contributed by atoms with E-state index in [4.69, 9.17) is 0 Å². The molecule has 1 saturated heterocycles. The maximum absolute atomic E-state index is 13.5. The van der Waals surface area contributed by atoms with Crippen LogP contribution in [0.25, 0.3) is 6.08 Å². The molecule has 0 saturated carbocycles. The first-order chi connectivity index (χ1) is 16.2. The highest BCUT2D eigenvalue weighted by Crippen LogP contribution is 2.23. The summed E-state index contributed by atoms with van der Waals surface area (Å²) in [6, 6.07) is 30.1. The summed E-state index contributed by atoms with van der Waals surface area (Å²) in [5.74, 6) is 0.129. The van der Waals surface area contributed by atoms with Crippen molar-refractivity contribution in [2.75, 3.05) is 13.1 Å². The molecule has 0 atom stereocenters. The van der Waals surface area contributed by atoms with Crippen molar-refractivity contribution < 1.29 is 9.59 Å². The van der Waals surface area contributed by atoms with E-state index in [2.05, 4.69) is 24.3 Å². The van der Waals surface area contributed by atoms with Crippen molar-refractivity contribution in [1.29, 1.82) is 0 Å². The summed E-state index contributed by atoms with van der Waals surface area (Å²) >= 11 is 0. The van der Waals surface area contributed by atoms with E-state index in [9.17, 15) is 9.59 Å². The summed E-state index contributed by atoms with van der Waals surface area (Å²) in [7, 11) is 0. The van der Waals surface area contributed by atoms with Crippen LogP contribution in [-0.4, -0.2) is 34.7 Å². The van der Waals surface area contributed by atoms with Gasteiger partial charge in [0, 0.05) is 38.2 Å². The summed E-state index contributed by atoms with van der Waals surface area (Å²) in [6.45, 7) is 2.40. The average Bonchev–Trinajstić information content (AvgIpc) is 2.88. The van der Waals surface area contributed by atoms with E-state index in [1.807, 2.05) is 82.6 Å². The molecule has 1 fully saturated rings. The number of amides is 2. The lowest BCUT2D eigenvalue weighted by Crippen LogP contribution is -2.43. The predicted molar refractivity (Wildman–Crippen MR) is 132 cm³/mol. The smallest absolute Gasteiger partial charge is 0.246 e. The third-order valence-electron chi connectivity index (χ3n) is 6.12. The van der Waals surface area contributed by atoms with Crippen LogP contribution in [0.3, 0.4) is 0 Å². The first-order valence-corrected chi connectivity index (χ1v) is 11.6. The van der Waals surface area contributed by atoms with Gasteiger partial charge in [-0.25, -0.2) is 0 Å². The van der Waals surface area contributed by atoms with E-state index in [1.54, 1.807) is 6.08 Å². The van der Waals surface area contributed by atoms with Gasteiger partial charge in [-0.3, -0.25) is 9.59 Å². The molecule has 3 aromatic carbocycles. The van der Waals surface area contributed by atoms with Crippen molar-refractivity contribution >= 4 is 17.9 Å². The third kappa shape index (κ3) is 6.42. The SMILES string of the molecule is O=C(/C=C\c1ccccc1)N1CCC(C(=O)N(Cc2ccccc2)Cc2ccccc2)CC1. The number of piperidine rings is 1. The molecule has 4 heteroatoms. The van der Waals surface area contributed by atoms with Gasteiger partial charge in [0.1, 0.15) is 0 Å². The van der Waals surface area contributed by atoms with Gasteiger partial charge in [0.2, 0.25) is 11.8 Å². The fourth-order valence-corrected chi connectivity index (χ4v) is 4.26. The van der Waals surface area contributed by atoms with E-state index in [0.29, 0.717) is 39.0 Å². The molecule has 1 heterocycles. The van der Waals surface area contributed by atoms with Crippen molar-refractivity contribution in [2.45, 2.75) is 25.9 Å². The Bertz CT molecular complexity index is 1020. The van der Waals surface area contributed by atoms with E-state index in [0.717, 1.165) is 16.7 Å². The quantitative estimate of drug-likeness (QED) is 0.478. The van der Waals surface area contributed by atoms with E-state index in [-0.39, 0.29) is 17.7 Å². The number of benzene rings is 3. The zero-order chi connectivity index (χ0) is 22.9. The topological polar surface area (TPSA) is 40.6 Å². The highest BCUT2D eigenvalue weighted by atomic mass is 16.2. The minimum atomic E-state index is -0.0559. The van der Waals surface area contributed by atoms with Gasteiger partial charge in [-0.2, -0.15) is 0 Å². The molecule has 0 N–H and O–H groups in total. The van der Waals surface area contributed by atoms with Gasteiger partial charge < -0.3 is 9.80 Å². The summed E-state index contributed by atoms with van der Waals surface area (Å²) < 4.78 is 0. The summed E-state index contributed by atoms with van der Waals surface area (Å²) in [6.07, 6.45) is 4.88. The Kier molecular flexibility index (Phi) is 7.70. The van der Waals surface area contributed by atoms with Crippen molar-refractivity contribution in [1.82, 2.24) is 9.80 Å². The van der Waals surface area contributed by atoms with Crippen LogP contribution in [0, 0.1) is 5.92 Å². The molecule has 0 unspecified atom stereocenters. The number of hydrogen-bond donors (Lipinski definition) is 0. The lowest BCUT2D eigenvalue weighted by Gasteiger charge is -2.34. The Morgan fingerprint density at radius 2 is 1.24 bits per heavy atom. The fourth-order valence-electron chi connectivity index (χ4n) is 4.26. The van der Waals surface area contributed by atoms with Crippen LogP contribution in [0.2, 0.25) is 0 Å². The van der Waals surface area contributed by atoms with E-state index >= 15 is 0 Å². The van der Waals surface area contributed by atoms with Crippen LogP contribution >= 0.6 is 0 Å². The summed E-state index contributed by atoms with van der Waals surface area (Å²) in [5, 5.41) is 0. The second-order valence-corrected chi connectivity index (χ2v) is 8.51. The summed E-state index contributed by atoms with van der Waals surface area (Å²) in [4.78, 5) is 29.9. The van der Waals surface area contributed by atoms with Crippen LogP contribution in [0.5, 0.6) is 0 Å². The number of nitrogens with zero attached hydrogens (tertiary/aromatic N) is 2. The van der Waals surface area contributed by atoms with Gasteiger partial charge in [0.05, 0.1) is 0 Å². The van der Waals surface area contributed by atoms with Gasteiger partial charge in [-0.1, -0.05) is 91.0 Å². The first-order valence-electron chi connectivity index (χ1n) is 11.6. The number of rotatable bonds is 7. The number of hydrogen-bond acceptors (Lipinski definition) is 2. The Morgan fingerprint density at radius 3 is 1.76 bits per heavy atom. The zero-order valence-electron chi connectivity index (χ0n) is 18.8. The molecule has 33 heavy (non-hydrogen) atoms. The maximum atomic E-state index is 13.5. The molecule has 0 bridgehead atoms. The fraction of sp³-hybridized carbons (Fsp3) is 0.241. The standard InChI is InChI=1S/C29H30N2O2/c32-28(17-16-24-10-4-1-5-11-24)30-20-18-27(19-21-30)29(33)31(22-25-12-6-2-7-13-25)23-26-14-8-3-9-15-26/h1-17,27H,18-23H2/b17-16-. The Labute approximate surface area is 196 Å². The minimum Gasteiger partial charge on any atom is -0.339 e. The van der Waals surface area contributed by atoms with Crippen LogP contribution < -0.4 is 0 Å². The molecular weight excluding hydrogens is 408 g/mol. The molecule has 3 aromatic rings. The van der Waals surface area contributed by atoms with Crippen molar-refractivity contribution in [3.8, 4) is 0 Å². The van der Waals surface area contributed by atoms with Gasteiger partial charge in [-0.05, 0) is 35.6 Å². The Hall–Kier alpha value is -3.66. The van der Waals surface area contributed by atoms with E-state index in [1.165, 1.54) is 0 Å². The molecule has 4 rings (SSSR count). The number of carbonyl (C=O) groups is 2. The van der Waals surface area contributed by atoms with Crippen LogP contribution in [-0.2, 0) is 22.7 Å². The highest BCUT2D eigenvalue weighted by Gasteiger charge is 2.30. The average molecular weight is 439 g/mol. The molecule has 168 valence electrons. The van der Waals surface area contributed by atoms with Gasteiger partial charge in [-0.15, -0.1) is 0 Å². The molecule has 0 aliphatic carbocycles. The monoisotopic (exact) mass is 438 g/mol. The molecule has 0 radical (unpaired) electrons. The number of carbonyl (C=O) groups excluding carboxylic acids is 2.